The van der Waals surface area contributed by atoms with Gasteiger partial charge in [-0.25, -0.2) is 19.3 Å². The number of imidazole rings is 1. The van der Waals surface area contributed by atoms with Crippen molar-refractivity contribution < 1.29 is 8.81 Å². The van der Waals surface area contributed by atoms with Crippen molar-refractivity contribution in [3.05, 3.63) is 72.5 Å². The standard InChI is InChI=1S/C17H14FN5O/c18-14-6-2-1-4-12(14)9-23-11-22-16(15-17(23)21-10-20-15)19-8-13-5-3-7-24-13/h1-7,10-11,19H,8-9H2. The number of halogens is 1. The zero-order valence-electron chi connectivity index (χ0n) is 12.7. The molecule has 0 unspecified atom stereocenters. The van der Waals surface area contributed by atoms with Crippen LogP contribution in [0.3, 0.4) is 0 Å². The first-order valence-corrected chi connectivity index (χ1v) is 7.47. The predicted octanol–water partition coefficient (Wildman–Crippen LogP) is 3.17. The normalized spacial score (nSPS) is 11.0. The number of furan rings is 1. The zero-order chi connectivity index (χ0) is 16.4. The van der Waals surface area contributed by atoms with E-state index >= 15 is 0 Å². The summed E-state index contributed by atoms with van der Waals surface area (Å²) in [5, 5.41) is 3.18. The second kappa shape index (κ2) is 6.11. The van der Waals surface area contributed by atoms with Gasteiger partial charge in [0, 0.05) is 5.56 Å². The average molecular weight is 323 g/mol. The Hall–Kier alpha value is -3.22. The summed E-state index contributed by atoms with van der Waals surface area (Å²) in [6.07, 6.45) is 4.73. The Kier molecular flexibility index (Phi) is 3.66. The largest absolute Gasteiger partial charge is 0.467 e. The average Bonchev–Trinajstić information content (AvgIpc) is 3.27. The third kappa shape index (κ3) is 2.71. The summed E-state index contributed by atoms with van der Waals surface area (Å²) in [5.74, 6) is 1.81. The number of anilines is 1. The van der Waals surface area contributed by atoms with E-state index in [0.717, 1.165) is 5.76 Å². The van der Waals surface area contributed by atoms with Crippen LogP contribution in [0.2, 0.25) is 0 Å². The molecule has 2 aliphatic heterocycles. The molecule has 0 bridgehead atoms. The van der Waals surface area contributed by atoms with Gasteiger partial charge in [0.2, 0.25) is 0 Å². The molecule has 24 heavy (non-hydrogen) atoms. The molecular weight excluding hydrogens is 309 g/mol. The summed E-state index contributed by atoms with van der Waals surface area (Å²) in [5.41, 5.74) is 1.21. The first kappa shape index (κ1) is 14.4. The number of nitrogens with one attached hydrogen (secondary N) is 1. The van der Waals surface area contributed by atoms with Crippen LogP contribution in [-0.4, -0.2) is 19.5 Å². The van der Waals surface area contributed by atoms with Crippen LogP contribution in [0.5, 0.6) is 0 Å². The SMILES string of the molecule is Fc1ccccc1Cn1cnc(NCc2ccco2)c2ncnc1-2. The second-order valence-corrected chi connectivity index (χ2v) is 5.29. The smallest absolute Gasteiger partial charge is 0.165 e. The summed E-state index contributed by atoms with van der Waals surface area (Å²) in [7, 11) is 0. The molecule has 3 heterocycles. The number of hydrogen-bond acceptors (Lipinski definition) is 5. The second-order valence-electron chi connectivity index (χ2n) is 5.29. The molecule has 0 saturated carbocycles. The van der Waals surface area contributed by atoms with Crippen molar-refractivity contribution in [1.82, 2.24) is 19.5 Å². The fourth-order valence-corrected chi connectivity index (χ4v) is 2.52. The number of fused-ring (bicyclic) bond motifs is 1. The van der Waals surface area contributed by atoms with E-state index in [1.165, 1.54) is 12.4 Å². The van der Waals surface area contributed by atoms with Gasteiger partial charge in [0.15, 0.2) is 17.3 Å². The van der Waals surface area contributed by atoms with Gasteiger partial charge in [0.05, 0.1) is 25.7 Å². The van der Waals surface area contributed by atoms with E-state index < -0.39 is 0 Å². The van der Waals surface area contributed by atoms with Crippen molar-refractivity contribution in [3.63, 3.8) is 0 Å². The highest BCUT2D eigenvalue weighted by Crippen LogP contribution is 2.25. The first-order chi connectivity index (χ1) is 11.8. The van der Waals surface area contributed by atoms with Gasteiger partial charge in [-0.2, -0.15) is 0 Å². The monoisotopic (exact) mass is 323 g/mol. The Morgan fingerprint density at radius 1 is 1.08 bits per heavy atom. The molecule has 4 rings (SSSR count). The molecule has 0 radical (unpaired) electrons. The molecule has 6 nitrogen and oxygen atoms in total. The lowest BCUT2D eigenvalue weighted by molar-refractivity contribution is 0.517. The topological polar surface area (TPSA) is 68.8 Å². The Morgan fingerprint density at radius 3 is 2.83 bits per heavy atom. The minimum Gasteiger partial charge on any atom is -0.467 e. The Morgan fingerprint density at radius 2 is 2.00 bits per heavy atom. The number of rotatable bonds is 5. The summed E-state index contributed by atoms with van der Waals surface area (Å²) in [4.78, 5) is 12.9. The van der Waals surface area contributed by atoms with Crippen LogP contribution in [-0.2, 0) is 13.1 Å². The third-order valence-corrected chi connectivity index (χ3v) is 3.71. The highest BCUT2D eigenvalue weighted by Gasteiger charge is 2.17. The molecule has 0 fully saturated rings. The molecule has 2 aromatic rings. The maximum atomic E-state index is 13.9. The molecule has 7 heteroatoms. The summed E-state index contributed by atoms with van der Waals surface area (Å²) < 4.78 is 20.9. The summed E-state index contributed by atoms with van der Waals surface area (Å²) in [6.45, 7) is 0.840. The minimum atomic E-state index is -0.252. The van der Waals surface area contributed by atoms with E-state index in [1.54, 1.807) is 35.4 Å². The van der Waals surface area contributed by atoms with Crippen LogP contribution in [0.15, 0.2) is 59.7 Å². The number of aromatic nitrogens is 4. The van der Waals surface area contributed by atoms with Crippen LogP contribution in [0.1, 0.15) is 11.3 Å². The van der Waals surface area contributed by atoms with E-state index in [1.807, 2.05) is 12.1 Å². The number of benzene rings is 1. The van der Waals surface area contributed by atoms with Crippen molar-refractivity contribution in [2.45, 2.75) is 13.1 Å². The fraction of sp³-hybridized carbons (Fsp3) is 0.118. The van der Waals surface area contributed by atoms with Crippen LogP contribution < -0.4 is 5.32 Å². The predicted molar refractivity (Wildman–Crippen MR) is 86.0 cm³/mol. The molecule has 120 valence electrons. The van der Waals surface area contributed by atoms with Crippen LogP contribution in [0.4, 0.5) is 10.2 Å². The molecule has 1 aromatic carbocycles. The van der Waals surface area contributed by atoms with Gasteiger partial charge in [0.1, 0.15) is 17.9 Å². The Labute approximate surface area is 137 Å². The van der Waals surface area contributed by atoms with Crippen molar-refractivity contribution in [2.24, 2.45) is 0 Å². The highest BCUT2D eigenvalue weighted by molar-refractivity contribution is 5.66. The number of nitrogens with zero attached hydrogens (tertiary/aromatic N) is 4. The maximum absolute atomic E-state index is 13.9. The van der Waals surface area contributed by atoms with E-state index in [0.29, 0.717) is 36.0 Å². The van der Waals surface area contributed by atoms with Gasteiger partial charge in [0.25, 0.3) is 0 Å². The quantitative estimate of drug-likeness (QED) is 0.611. The maximum Gasteiger partial charge on any atom is 0.165 e. The highest BCUT2D eigenvalue weighted by atomic mass is 19.1. The van der Waals surface area contributed by atoms with Crippen LogP contribution in [0.25, 0.3) is 11.5 Å². The van der Waals surface area contributed by atoms with E-state index in [9.17, 15) is 4.39 Å². The molecule has 0 atom stereocenters. The van der Waals surface area contributed by atoms with E-state index in [-0.39, 0.29) is 5.82 Å². The molecule has 1 aromatic heterocycles. The molecule has 0 aliphatic carbocycles. The molecule has 0 amide bonds. The van der Waals surface area contributed by atoms with Crippen molar-refractivity contribution >= 4 is 5.82 Å². The Balaban J connectivity index is 1.61. The fourth-order valence-electron chi connectivity index (χ4n) is 2.52. The van der Waals surface area contributed by atoms with Gasteiger partial charge in [-0.1, -0.05) is 18.2 Å². The van der Waals surface area contributed by atoms with Gasteiger partial charge >= 0.3 is 0 Å². The van der Waals surface area contributed by atoms with E-state index in [4.69, 9.17) is 4.42 Å². The zero-order valence-corrected chi connectivity index (χ0v) is 12.7. The minimum absolute atomic E-state index is 0.252. The molecule has 1 N–H and O–H groups in total. The first-order valence-electron chi connectivity index (χ1n) is 7.47. The van der Waals surface area contributed by atoms with Gasteiger partial charge < -0.3 is 14.3 Å². The van der Waals surface area contributed by atoms with Crippen molar-refractivity contribution in [3.8, 4) is 11.5 Å². The van der Waals surface area contributed by atoms with Crippen LogP contribution in [0, 0.1) is 5.82 Å². The van der Waals surface area contributed by atoms with Crippen molar-refractivity contribution in [1.29, 1.82) is 0 Å². The molecule has 0 spiro atoms. The lowest BCUT2D eigenvalue weighted by Crippen LogP contribution is -2.11. The summed E-state index contributed by atoms with van der Waals surface area (Å²) in [6, 6.07) is 10.4. The molecule has 0 saturated heterocycles. The van der Waals surface area contributed by atoms with Gasteiger partial charge in [-0.3, -0.25) is 0 Å². The van der Waals surface area contributed by atoms with Crippen LogP contribution >= 0.6 is 0 Å². The van der Waals surface area contributed by atoms with Gasteiger partial charge in [-0.15, -0.1) is 0 Å². The third-order valence-electron chi connectivity index (χ3n) is 3.71. The lowest BCUT2D eigenvalue weighted by Gasteiger charge is -2.14. The number of hydrogen-bond donors (Lipinski definition) is 1. The molecule has 2 aliphatic rings. The lowest BCUT2D eigenvalue weighted by atomic mass is 10.2. The Bertz CT molecular complexity index is 919. The van der Waals surface area contributed by atoms with Crippen molar-refractivity contribution in [2.75, 3.05) is 5.32 Å². The van der Waals surface area contributed by atoms with Gasteiger partial charge in [-0.05, 0) is 18.2 Å². The summed E-state index contributed by atoms with van der Waals surface area (Å²) >= 11 is 0. The van der Waals surface area contributed by atoms with E-state index in [2.05, 4.69) is 20.3 Å². The molecular formula is C17H14FN5O.